The lowest BCUT2D eigenvalue weighted by atomic mass is 9.94. The molecule has 0 fully saturated rings. The molecule has 0 N–H and O–H groups in total. The van der Waals surface area contributed by atoms with E-state index in [9.17, 15) is 51.8 Å². The molecule has 0 nitrogen and oxygen atoms in total. The smallest absolute Gasteiger partial charge is 0.418 e. The van der Waals surface area contributed by atoms with Crippen molar-refractivity contribution in [3.63, 3.8) is 0 Å². The van der Waals surface area contributed by atoms with Crippen molar-refractivity contribution < 1.29 is 51.8 Å². The van der Waals surface area contributed by atoms with Crippen LogP contribution in [-0.2, 0) is 0 Å². The molecule has 0 aliphatic carbocycles. The fourth-order valence-electron chi connectivity index (χ4n) is 0. The third kappa shape index (κ3) is 1050. The molecule has 0 aromatic heterocycles. The van der Waals surface area contributed by atoms with Crippen molar-refractivity contribution >= 4 is 21.8 Å². The van der Waals surface area contributed by atoms with Crippen molar-refractivity contribution in [1.82, 2.24) is 0 Å². The SMILES string of the molecule is CCC(C)(C)C.F[B-](F)(F)F.F[B-](F)(F)F.F[B-](F)(F)F. The molecular formula is C6H14B3F12-3. The Morgan fingerprint density at radius 1 is 0.524 bits per heavy atom. The van der Waals surface area contributed by atoms with Gasteiger partial charge < -0.3 is 51.8 Å². The minimum Gasteiger partial charge on any atom is -0.418 e. The average molecular weight is 347 g/mol. The molecule has 0 unspecified atom stereocenters. The normalized spacial score (nSPS) is 12.0. The minimum atomic E-state index is -6.00. The van der Waals surface area contributed by atoms with E-state index in [0.29, 0.717) is 5.41 Å². The largest absolute Gasteiger partial charge is 0.673 e. The molecule has 0 aliphatic heterocycles. The molecule has 0 atom stereocenters. The van der Waals surface area contributed by atoms with Gasteiger partial charge in [0, 0.05) is 0 Å². The van der Waals surface area contributed by atoms with Crippen LogP contribution in [0, 0.1) is 5.41 Å². The summed E-state index contributed by atoms with van der Waals surface area (Å²) in [6, 6.07) is 0. The van der Waals surface area contributed by atoms with Crippen LogP contribution < -0.4 is 0 Å². The van der Waals surface area contributed by atoms with E-state index in [1.807, 2.05) is 0 Å². The second-order valence-corrected chi connectivity index (χ2v) is 4.40. The van der Waals surface area contributed by atoms with E-state index in [0.717, 1.165) is 0 Å². The fourth-order valence-corrected chi connectivity index (χ4v) is 0. The molecule has 0 saturated heterocycles. The van der Waals surface area contributed by atoms with Gasteiger partial charge in [-0.2, -0.15) is 0 Å². The molecule has 0 radical (unpaired) electrons. The Balaban J connectivity index is -0.0000000921. The first-order valence-corrected chi connectivity index (χ1v) is 5.18. The van der Waals surface area contributed by atoms with E-state index < -0.39 is 21.8 Å². The van der Waals surface area contributed by atoms with Gasteiger partial charge in [-0.1, -0.05) is 34.1 Å². The highest BCUT2D eigenvalue weighted by molar-refractivity contribution is 6.50. The first-order chi connectivity index (χ1) is 8.56. The summed E-state index contributed by atoms with van der Waals surface area (Å²) in [5, 5.41) is 0. The van der Waals surface area contributed by atoms with Crippen molar-refractivity contribution in [1.29, 1.82) is 0 Å². The van der Waals surface area contributed by atoms with Gasteiger partial charge in [-0.3, -0.25) is 0 Å². The fraction of sp³-hybridized carbons (Fsp3) is 1.00. The topological polar surface area (TPSA) is 0 Å². The van der Waals surface area contributed by atoms with Gasteiger partial charge in [-0.25, -0.2) is 0 Å². The molecule has 0 aliphatic rings. The van der Waals surface area contributed by atoms with E-state index in [1.165, 1.54) is 6.42 Å². The summed E-state index contributed by atoms with van der Waals surface area (Å²) in [7, 11) is -18.0. The summed E-state index contributed by atoms with van der Waals surface area (Å²) in [5.41, 5.74) is 0.542. The van der Waals surface area contributed by atoms with E-state index >= 15 is 0 Å². The highest BCUT2D eigenvalue weighted by atomic mass is 19.5. The standard InChI is InChI=1S/C6H14.3BF4/c1-5-6(2,3)4;3*2-1(3,4)5/h5H2,1-4H3;;;/q;3*-1. The Bertz CT molecular complexity index is 177. The zero-order valence-corrected chi connectivity index (χ0v) is 11.5. The van der Waals surface area contributed by atoms with Crippen LogP contribution in [0.4, 0.5) is 51.8 Å². The van der Waals surface area contributed by atoms with Gasteiger partial charge in [0.2, 0.25) is 0 Å². The number of rotatable bonds is 0. The van der Waals surface area contributed by atoms with Crippen LogP contribution in [0.1, 0.15) is 34.1 Å². The summed E-state index contributed by atoms with van der Waals surface area (Å²) in [6.45, 7) is 8.94. The van der Waals surface area contributed by atoms with Crippen molar-refractivity contribution in [2.45, 2.75) is 34.1 Å². The molecule has 134 valence electrons. The predicted octanol–water partition coefficient (Wildman–Crippen LogP) is 6.34. The maximum atomic E-state index is 9.75. The second kappa shape index (κ2) is 11.0. The van der Waals surface area contributed by atoms with Crippen LogP contribution in [-0.4, -0.2) is 21.8 Å². The van der Waals surface area contributed by atoms with Gasteiger partial charge in [0.1, 0.15) is 0 Å². The van der Waals surface area contributed by atoms with E-state index in [2.05, 4.69) is 27.7 Å². The Hall–Kier alpha value is -0.645. The zero-order valence-electron chi connectivity index (χ0n) is 11.5. The summed E-state index contributed by atoms with van der Waals surface area (Å²) in [4.78, 5) is 0. The number of hydrogen-bond acceptors (Lipinski definition) is 0. The van der Waals surface area contributed by atoms with Crippen LogP contribution in [0.2, 0.25) is 0 Å². The highest BCUT2D eigenvalue weighted by Gasteiger charge is 2.21. The van der Waals surface area contributed by atoms with Crippen molar-refractivity contribution in [2.75, 3.05) is 0 Å². The summed E-state index contributed by atoms with van der Waals surface area (Å²) in [5.74, 6) is 0. The Kier molecular flexibility index (Phi) is 14.9. The summed E-state index contributed by atoms with van der Waals surface area (Å²) < 4.78 is 117. The molecule has 0 saturated carbocycles. The number of hydrogen-bond donors (Lipinski definition) is 0. The highest BCUT2D eigenvalue weighted by Crippen LogP contribution is 2.16. The van der Waals surface area contributed by atoms with Crippen molar-refractivity contribution in [3.8, 4) is 0 Å². The van der Waals surface area contributed by atoms with E-state index in [4.69, 9.17) is 0 Å². The Labute approximate surface area is 114 Å². The predicted molar refractivity (Wildman–Crippen MR) is 60.3 cm³/mol. The summed E-state index contributed by atoms with van der Waals surface area (Å²) >= 11 is 0. The average Bonchev–Trinajstić information content (AvgIpc) is 1.91. The molecule has 15 heteroatoms. The molecule has 0 spiro atoms. The molecular weight excluding hydrogens is 332 g/mol. The molecule has 21 heavy (non-hydrogen) atoms. The molecule has 0 aromatic carbocycles. The molecule has 0 amide bonds. The number of halogens is 12. The van der Waals surface area contributed by atoms with Crippen LogP contribution in [0.15, 0.2) is 0 Å². The van der Waals surface area contributed by atoms with Crippen LogP contribution in [0.5, 0.6) is 0 Å². The molecule has 0 bridgehead atoms. The molecule has 0 aromatic rings. The van der Waals surface area contributed by atoms with Gasteiger partial charge in [0.25, 0.3) is 0 Å². The maximum absolute atomic E-state index is 9.75. The van der Waals surface area contributed by atoms with Gasteiger partial charge >= 0.3 is 21.8 Å². The van der Waals surface area contributed by atoms with Crippen LogP contribution in [0.25, 0.3) is 0 Å². The van der Waals surface area contributed by atoms with Gasteiger partial charge in [0.05, 0.1) is 0 Å². The third-order valence-electron chi connectivity index (χ3n) is 1.06. The van der Waals surface area contributed by atoms with Crippen LogP contribution >= 0.6 is 0 Å². The lowest BCUT2D eigenvalue weighted by Gasteiger charge is -2.12. The molecule has 0 heterocycles. The van der Waals surface area contributed by atoms with Gasteiger partial charge in [0.15, 0.2) is 0 Å². The minimum absolute atomic E-state index is 0.542. The Morgan fingerprint density at radius 2 is 0.571 bits per heavy atom. The monoisotopic (exact) mass is 347 g/mol. The van der Waals surface area contributed by atoms with E-state index in [-0.39, 0.29) is 0 Å². The second-order valence-electron chi connectivity index (χ2n) is 4.40. The van der Waals surface area contributed by atoms with Crippen molar-refractivity contribution in [2.24, 2.45) is 5.41 Å². The third-order valence-corrected chi connectivity index (χ3v) is 1.06. The Morgan fingerprint density at radius 3 is 0.571 bits per heavy atom. The lowest BCUT2D eigenvalue weighted by molar-refractivity contribution is 0.366. The van der Waals surface area contributed by atoms with Gasteiger partial charge in [-0.15, -0.1) is 0 Å². The van der Waals surface area contributed by atoms with E-state index in [1.54, 1.807) is 0 Å². The maximum Gasteiger partial charge on any atom is 0.673 e. The first-order valence-electron chi connectivity index (χ1n) is 5.18. The van der Waals surface area contributed by atoms with Crippen molar-refractivity contribution in [3.05, 3.63) is 0 Å². The van der Waals surface area contributed by atoms with Gasteiger partial charge in [-0.05, 0) is 5.41 Å². The quantitative estimate of drug-likeness (QED) is 0.354. The lowest BCUT2D eigenvalue weighted by Crippen LogP contribution is -2.02. The molecule has 0 rings (SSSR count). The van der Waals surface area contributed by atoms with Crippen LogP contribution in [0.3, 0.4) is 0 Å². The zero-order chi connectivity index (χ0) is 18.7. The summed E-state index contributed by atoms with van der Waals surface area (Å²) in [6.07, 6.45) is 1.27. The first kappa shape index (κ1) is 28.5.